The van der Waals surface area contributed by atoms with Gasteiger partial charge < -0.3 is 5.73 Å². The first-order valence-corrected chi connectivity index (χ1v) is 7.05. The summed E-state index contributed by atoms with van der Waals surface area (Å²) >= 11 is 0. The van der Waals surface area contributed by atoms with Crippen LogP contribution < -0.4 is 5.73 Å². The maximum Gasteiger partial charge on any atom is 0.0293 e. The molecule has 0 aromatic heterocycles. The van der Waals surface area contributed by atoms with Gasteiger partial charge >= 0.3 is 0 Å². The molecular formula is C15H27N. The summed E-state index contributed by atoms with van der Waals surface area (Å²) in [4.78, 5) is 0. The summed E-state index contributed by atoms with van der Waals surface area (Å²) in [5.41, 5.74) is 9.15. The molecular weight excluding hydrogens is 194 g/mol. The Bertz CT molecular complexity index is 279. The van der Waals surface area contributed by atoms with Crippen LogP contribution in [0, 0.1) is 17.8 Å². The van der Waals surface area contributed by atoms with E-state index in [-0.39, 0.29) is 0 Å². The Morgan fingerprint density at radius 3 is 2.69 bits per heavy atom. The molecule has 2 aliphatic carbocycles. The lowest BCUT2D eigenvalue weighted by atomic mass is 9.81. The van der Waals surface area contributed by atoms with E-state index in [0.29, 0.717) is 6.04 Å². The third kappa shape index (κ3) is 2.68. The molecule has 1 heteroatoms. The summed E-state index contributed by atoms with van der Waals surface area (Å²) < 4.78 is 0. The second-order valence-corrected chi connectivity index (χ2v) is 6.16. The zero-order valence-corrected chi connectivity index (χ0v) is 11.1. The molecule has 0 heterocycles. The van der Waals surface area contributed by atoms with E-state index in [9.17, 15) is 0 Å². The van der Waals surface area contributed by atoms with Crippen molar-refractivity contribution in [3.05, 3.63) is 11.1 Å². The molecule has 1 nitrogen and oxygen atoms in total. The first kappa shape index (κ1) is 12.2. The number of hydrogen-bond acceptors (Lipinski definition) is 1. The average molecular weight is 221 g/mol. The first-order valence-electron chi connectivity index (χ1n) is 7.05. The van der Waals surface area contributed by atoms with Crippen LogP contribution >= 0.6 is 0 Å². The van der Waals surface area contributed by atoms with E-state index < -0.39 is 0 Å². The second kappa shape index (κ2) is 4.91. The van der Waals surface area contributed by atoms with E-state index in [0.717, 1.165) is 24.2 Å². The zero-order valence-electron chi connectivity index (χ0n) is 11.1. The Morgan fingerprint density at radius 2 is 2.12 bits per heavy atom. The maximum absolute atomic E-state index is 6.00. The molecule has 2 N–H and O–H groups in total. The van der Waals surface area contributed by atoms with Crippen molar-refractivity contribution in [3.8, 4) is 0 Å². The molecule has 1 fully saturated rings. The van der Waals surface area contributed by atoms with Crippen LogP contribution in [0.1, 0.15) is 59.3 Å². The molecule has 16 heavy (non-hydrogen) atoms. The molecule has 0 bridgehead atoms. The first-order chi connectivity index (χ1) is 7.61. The summed E-state index contributed by atoms with van der Waals surface area (Å²) in [5.74, 6) is 3.01. The fourth-order valence-electron chi connectivity index (χ4n) is 3.15. The SMILES string of the molecule is CCC(C)CC1CC1CCC1=C(C)CC1N. The molecule has 92 valence electrons. The second-order valence-electron chi connectivity index (χ2n) is 6.16. The van der Waals surface area contributed by atoms with Crippen LogP contribution in [0.2, 0.25) is 0 Å². The van der Waals surface area contributed by atoms with Gasteiger partial charge in [0.15, 0.2) is 0 Å². The average Bonchev–Trinajstić information content (AvgIpc) is 2.96. The van der Waals surface area contributed by atoms with Gasteiger partial charge in [0, 0.05) is 6.04 Å². The summed E-state index contributed by atoms with van der Waals surface area (Å²) in [6, 6.07) is 0.409. The van der Waals surface area contributed by atoms with Crippen molar-refractivity contribution in [1.82, 2.24) is 0 Å². The topological polar surface area (TPSA) is 26.0 Å². The molecule has 0 spiro atoms. The van der Waals surface area contributed by atoms with Crippen molar-refractivity contribution in [1.29, 1.82) is 0 Å². The molecule has 2 aliphatic rings. The van der Waals surface area contributed by atoms with Crippen molar-refractivity contribution in [2.75, 3.05) is 0 Å². The smallest absolute Gasteiger partial charge is 0.0293 e. The third-order valence-electron chi connectivity index (χ3n) is 4.78. The molecule has 0 amide bonds. The minimum absolute atomic E-state index is 0.409. The Morgan fingerprint density at radius 1 is 1.38 bits per heavy atom. The molecule has 2 rings (SSSR count). The monoisotopic (exact) mass is 221 g/mol. The lowest BCUT2D eigenvalue weighted by Gasteiger charge is -2.29. The highest BCUT2D eigenvalue weighted by molar-refractivity contribution is 5.30. The van der Waals surface area contributed by atoms with Crippen LogP contribution in [0.15, 0.2) is 11.1 Å². The predicted molar refractivity (Wildman–Crippen MR) is 70.2 cm³/mol. The summed E-state index contributed by atoms with van der Waals surface area (Å²) in [7, 11) is 0. The van der Waals surface area contributed by atoms with E-state index in [1.54, 1.807) is 11.1 Å². The minimum Gasteiger partial charge on any atom is -0.324 e. The fourth-order valence-corrected chi connectivity index (χ4v) is 3.15. The molecule has 0 aromatic carbocycles. The van der Waals surface area contributed by atoms with Crippen LogP contribution in [0.5, 0.6) is 0 Å². The number of rotatable bonds is 6. The van der Waals surface area contributed by atoms with E-state index in [4.69, 9.17) is 5.73 Å². The van der Waals surface area contributed by atoms with Gasteiger partial charge in [-0.25, -0.2) is 0 Å². The van der Waals surface area contributed by atoms with Crippen molar-refractivity contribution < 1.29 is 0 Å². The van der Waals surface area contributed by atoms with Crippen LogP contribution in [0.4, 0.5) is 0 Å². The van der Waals surface area contributed by atoms with Gasteiger partial charge in [-0.2, -0.15) is 0 Å². The van der Waals surface area contributed by atoms with Gasteiger partial charge in [0.1, 0.15) is 0 Å². The molecule has 4 unspecified atom stereocenters. The standard InChI is InChI=1S/C15H27N/c1-4-10(2)7-13-9-12(13)5-6-14-11(3)8-15(14)16/h10,12-13,15H,4-9,16H2,1-3H3. The van der Waals surface area contributed by atoms with Crippen LogP contribution in [0.3, 0.4) is 0 Å². The summed E-state index contributed by atoms with van der Waals surface area (Å²) in [5, 5.41) is 0. The van der Waals surface area contributed by atoms with Gasteiger partial charge in [0.25, 0.3) is 0 Å². The van der Waals surface area contributed by atoms with Gasteiger partial charge in [0.05, 0.1) is 0 Å². The van der Waals surface area contributed by atoms with Gasteiger partial charge in [-0.05, 0) is 56.8 Å². The number of hydrogen-bond donors (Lipinski definition) is 1. The van der Waals surface area contributed by atoms with Gasteiger partial charge in [-0.3, -0.25) is 0 Å². The van der Waals surface area contributed by atoms with Crippen LogP contribution in [-0.2, 0) is 0 Å². The van der Waals surface area contributed by atoms with E-state index >= 15 is 0 Å². The lowest BCUT2D eigenvalue weighted by molar-refractivity contribution is 0.454. The highest BCUT2D eigenvalue weighted by atomic mass is 14.7. The Labute approximate surface area is 100 Å². The van der Waals surface area contributed by atoms with Crippen molar-refractivity contribution in [2.45, 2.75) is 65.3 Å². The zero-order chi connectivity index (χ0) is 11.7. The van der Waals surface area contributed by atoms with Gasteiger partial charge in [0.2, 0.25) is 0 Å². The highest BCUT2D eigenvalue weighted by Crippen LogP contribution is 2.47. The molecule has 0 radical (unpaired) electrons. The summed E-state index contributed by atoms with van der Waals surface area (Å²) in [6.45, 7) is 6.95. The largest absolute Gasteiger partial charge is 0.324 e. The predicted octanol–water partition coefficient (Wildman–Crippen LogP) is 3.89. The van der Waals surface area contributed by atoms with Crippen molar-refractivity contribution in [2.24, 2.45) is 23.5 Å². The normalized spacial score (nSPS) is 34.9. The molecule has 0 aromatic rings. The van der Waals surface area contributed by atoms with E-state index in [1.165, 1.54) is 32.1 Å². The van der Waals surface area contributed by atoms with E-state index in [1.807, 2.05) is 0 Å². The third-order valence-corrected chi connectivity index (χ3v) is 4.78. The van der Waals surface area contributed by atoms with Crippen LogP contribution in [0.25, 0.3) is 0 Å². The molecule has 0 aliphatic heterocycles. The van der Waals surface area contributed by atoms with Crippen molar-refractivity contribution >= 4 is 0 Å². The highest BCUT2D eigenvalue weighted by Gasteiger charge is 2.37. The lowest BCUT2D eigenvalue weighted by Crippen LogP contribution is -2.32. The summed E-state index contributed by atoms with van der Waals surface area (Å²) in [6.07, 6.45) is 8.14. The minimum atomic E-state index is 0.409. The Balaban J connectivity index is 1.65. The quantitative estimate of drug-likeness (QED) is 0.677. The maximum atomic E-state index is 6.00. The fraction of sp³-hybridized carbons (Fsp3) is 0.867. The van der Waals surface area contributed by atoms with Gasteiger partial charge in [-0.15, -0.1) is 0 Å². The molecule has 4 atom stereocenters. The van der Waals surface area contributed by atoms with Crippen molar-refractivity contribution in [3.63, 3.8) is 0 Å². The molecule has 1 saturated carbocycles. The Hall–Kier alpha value is -0.300. The van der Waals surface area contributed by atoms with E-state index in [2.05, 4.69) is 20.8 Å². The number of nitrogens with two attached hydrogens (primary N) is 1. The molecule has 0 saturated heterocycles. The van der Waals surface area contributed by atoms with Crippen LogP contribution in [-0.4, -0.2) is 6.04 Å². The van der Waals surface area contributed by atoms with Gasteiger partial charge in [-0.1, -0.05) is 31.4 Å². The Kier molecular flexibility index (Phi) is 3.73.